The van der Waals surface area contributed by atoms with Crippen LogP contribution in [-0.2, 0) is 6.54 Å². The van der Waals surface area contributed by atoms with Gasteiger partial charge in [-0.05, 0) is 42.8 Å². The van der Waals surface area contributed by atoms with Crippen molar-refractivity contribution in [1.82, 2.24) is 20.5 Å². The van der Waals surface area contributed by atoms with Crippen LogP contribution in [0.2, 0.25) is 0 Å². The number of nitrogens with zero attached hydrogens (tertiary/aromatic N) is 4. The minimum absolute atomic E-state index is 0. The normalized spacial score (nSPS) is 15.5. The van der Waals surface area contributed by atoms with E-state index >= 15 is 0 Å². The lowest BCUT2D eigenvalue weighted by molar-refractivity contribution is 0.199. The van der Waals surface area contributed by atoms with Crippen molar-refractivity contribution in [1.29, 1.82) is 0 Å². The van der Waals surface area contributed by atoms with Crippen molar-refractivity contribution >= 4 is 35.8 Å². The molecule has 1 atom stereocenters. The number of anilines is 1. The van der Waals surface area contributed by atoms with Gasteiger partial charge in [0.05, 0.1) is 6.54 Å². The van der Waals surface area contributed by atoms with E-state index in [0.717, 1.165) is 50.5 Å². The molecule has 1 aliphatic rings. The zero-order valence-electron chi connectivity index (χ0n) is 19.8. The summed E-state index contributed by atoms with van der Waals surface area (Å²) in [6.45, 7) is 10.7. The van der Waals surface area contributed by atoms with Gasteiger partial charge in [0.2, 0.25) is 0 Å². The standard InChI is InChI=1S/C24H35FN6O.HI/c1-4-21(32-22-8-6-7-20(25)16-22)18-29-24(26-3)28-17-19-9-10-27-23(15-19)31-13-11-30(5-2)12-14-31;/h6-10,15-16,21H,4-5,11-14,17-18H2,1-3H3,(H2,26,28,29);1H. The quantitative estimate of drug-likeness (QED) is 0.274. The van der Waals surface area contributed by atoms with Gasteiger partial charge in [-0.2, -0.15) is 0 Å². The van der Waals surface area contributed by atoms with Crippen molar-refractivity contribution in [2.45, 2.75) is 32.9 Å². The second kappa shape index (κ2) is 14.2. The number of aliphatic imine (C=N–C) groups is 1. The second-order valence-corrected chi connectivity index (χ2v) is 7.86. The summed E-state index contributed by atoms with van der Waals surface area (Å²) < 4.78 is 19.3. The fourth-order valence-corrected chi connectivity index (χ4v) is 3.66. The molecule has 0 amide bonds. The van der Waals surface area contributed by atoms with Crippen molar-refractivity contribution < 1.29 is 9.13 Å². The number of likely N-dealkylation sites (N-methyl/N-ethyl adjacent to an activating group) is 1. The van der Waals surface area contributed by atoms with Crippen molar-refractivity contribution in [3.63, 3.8) is 0 Å². The number of rotatable bonds is 9. The van der Waals surface area contributed by atoms with E-state index < -0.39 is 0 Å². The Hall–Kier alpha value is -2.14. The summed E-state index contributed by atoms with van der Waals surface area (Å²) >= 11 is 0. The first-order valence-corrected chi connectivity index (χ1v) is 11.4. The van der Waals surface area contributed by atoms with Crippen LogP contribution in [0.4, 0.5) is 10.2 Å². The Morgan fingerprint density at radius 3 is 2.61 bits per heavy atom. The summed E-state index contributed by atoms with van der Waals surface area (Å²) in [5, 5.41) is 6.66. The molecule has 0 radical (unpaired) electrons. The summed E-state index contributed by atoms with van der Waals surface area (Å²) in [5.74, 6) is 1.95. The predicted molar refractivity (Wildman–Crippen MR) is 143 cm³/mol. The predicted octanol–water partition coefficient (Wildman–Crippen LogP) is 3.50. The summed E-state index contributed by atoms with van der Waals surface area (Å²) in [6, 6.07) is 10.4. The smallest absolute Gasteiger partial charge is 0.191 e. The molecule has 0 bridgehead atoms. The van der Waals surface area contributed by atoms with Gasteiger partial charge in [-0.1, -0.05) is 19.9 Å². The Morgan fingerprint density at radius 1 is 1.15 bits per heavy atom. The van der Waals surface area contributed by atoms with E-state index in [-0.39, 0.29) is 35.9 Å². The van der Waals surface area contributed by atoms with Crippen LogP contribution < -0.4 is 20.3 Å². The van der Waals surface area contributed by atoms with Crippen molar-refractivity contribution in [2.24, 2.45) is 4.99 Å². The Bertz CT molecular complexity index is 876. The lowest BCUT2D eigenvalue weighted by atomic mass is 10.2. The first-order chi connectivity index (χ1) is 15.6. The molecule has 0 saturated carbocycles. The first kappa shape index (κ1) is 27.1. The highest BCUT2D eigenvalue weighted by Crippen LogP contribution is 2.16. The molecule has 7 nitrogen and oxygen atoms in total. The zero-order valence-corrected chi connectivity index (χ0v) is 22.1. The number of hydrogen-bond acceptors (Lipinski definition) is 5. The monoisotopic (exact) mass is 570 g/mol. The number of aromatic nitrogens is 1. The minimum atomic E-state index is -0.299. The molecule has 0 aliphatic carbocycles. The van der Waals surface area contributed by atoms with Gasteiger partial charge in [-0.15, -0.1) is 24.0 Å². The summed E-state index contributed by atoms with van der Waals surface area (Å²) in [4.78, 5) is 13.7. The zero-order chi connectivity index (χ0) is 22.8. The highest BCUT2D eigenvalue weighted by Gasteiger charge is 2.17. The van der Waals surface area contributed by atoms with Gasteiger partial charge in [0, 0.05) is 52.0 Å². The van der Waals surface area contributed by atoms with Gasteiger partial charge < -0.3 is 25.2 Å². The molecule has 1 fully saturated rings. The first-order valence-electron chi connectivity index (χ1n) is 11.4. The number of nitrogens with one attached hydrogen (secondary N) is 2. The number of halogens is 2. The van der Waals surface area contributed by atoms with E-state index in [1.165, 1.54) is 12.1 Å². The van der Waals surface area contributed by atoms with E-state index in [0.29, 0.717) is 24.8 Å². The van der Waals surface area contributed by atoms with E-state index in [1.807, 2.05) is 19.2 Å². The maximum absolute atomic E-state index is 13.4. The lowest BCUT2D eigenvalue weighted by Gasteiger charge is -2.34. The minimum Gasteiger partial charge on any atom is -0.489 e. The summed E-state index contributed by atoms with van der Waals surface area (Å²) in [5.41, 5.74) is 1.15. The SMILES string of the molecule is CCC(CNC(=NC)NCc1ccnc(N2CCN(CC)CC2)c1)Oc1cccc(F)c1.I. The van der Waals surface area contributed by atoms with Crippen molar-refractivity contribution in [3.05, 3.63) is 54.0 Å². The van der Waals surface area contributed by atoms with Crippen LogP contribution >= 0.6 is 24.0 Å². The molecular weight excluding hydrogens is 534 g/mol. The third kappa shape index (κ3) is 8.62. The maximum atomic E-state index is 13.4. The third-order valence-corrected chi connectivity index (χ3v) is 5.69. The number of hydrogen-bond donors (Lipinski definition) is 2. The average molecular weight is 570 g/mol. The molecule has 1 unspecified atom stereocenters. The second-order valence-electron chi connectivity index (χ2n) is 7.86. The van der Waals surface area contributed by atoms with Crippen molar-refractivity contribution in [2.75, 3.05) is 51.2 Å². The van der Waals surface area contributed by atoms with Gasteiger partial charge >= 0.3 is 0 Å². The fourth-order valence-electron chi connectivity index (χ4n) is 3.66. The highest BCUT2D eigenvalue weighted by atomic mass is 127. The Labute approximate surface area is 213 Å². The van der Waals surface area contributed by atoms with Crippen molar-refractivity contribution in [3.8, 4) is 5.75 Å². The summed E-state index contributed by atoms with van der Waals surface area (Å²) in [7, 11) is 1.74. The topological polar surface area (TPSA) is 65.0 Å². The van der Waals surface area contributed by atoms with Gasteiger partial charge in [-0.25, -0.2) is 9.37 Å². The molecule has 33 heavy (non-hydrogen) atoms. The van der Waals surface area contributed by atoms with E-state index in [2.05, 4.69) is 43.4 Å². The molecule has 2 aromatic rings. The molecule has 182 valence electrons. The van der Waals surface area contributed by atoms with Crippen LogP contribution in [0.5, 0.6) is 5.75 Å². The van der Waals surface area contributed by atoms with E-state index in [9.17, 15) is 4.39 Å². The largest absolute Gasteiger partial charge is 0.489 e. The van der Waals surface area contributed by atoms with E-state index in [1.54, 1.807) is 19.2 Å². The van der Waals surface area contributed by atoms with Gasteiger partial charge in [0.25, 0.3) is 0 Å². The Balaban J connectivity index is 0.00000385. The van der Waals surface area contributed by atoms with Crippen LogP contribution in [-0.4, -0.2) is 68.3 Å². The number of pyridine rings is 1. The third-order valence-electron chi connectivity index (χ3n) is 5.69. The van der Waals surface area contributed by atoms with Gasteiger partial charge in [0.15, 0.2) is 5.96 Å². The molecule has 1 aromatic heterocycles. The maximum Gasteiger partial charge on any atom is 0.191 e. The van der Waals surface area contributed by atoms with Crippen LogP contribution in [0, 0.1) is 5.82 Å². The molecule has 1 aliphatic heterocycles. The number of piperazine rings is 1. The van der Waals surface area contributed by atoms with E-state index in [4.69, 9.17) is 4.74 Å². The molecule has 2 N–H and O–H groups in total. The Morgan fingerprint density at radius 2 is 1.94 bits per heavy atom. The molecule has 2 heterocycles. The molecule has 0 spiro atoms. The summed E-state index contributed by atoms with van der Waals surface area (Å²) in [6.07, 6.45) is 2.57. The van der Waals surface area contributed by atoms with Gasteiger partial charge in [-0.3, -0.25) is 4.99 Å². The number of ether oxygens (including phenoxy) is 1. The Kier molecular flexibility index (Phi) is 11.7. The number of benzene rings is 1. The van der Waals surface area contributed by atoms with Crippen LogP contribution in [0.3, 0.4) is 0 Å². The molecule has 3 rings (SSSR count). The van der Waals surface area contributed by atoms with Gasteiger partial charge in [0.1, 0.15) is 23.5 Å². The highest BCUT2D eigenvalue weighted by molar-refractivity contribution is 14.0. The fraction of sp³-hybridized carbons (Fsp3) is 0.500. The van der Waals surface area contributed by atoms with Crippen LogP contribution in [0.15, 0.2) is 47.6 Å². The average Bonchev–Trinajstić information content (AvgIpc) is 2.83. The number of guanidine groups is 1. The molecular formula is C24H36FIN6O. The van der Waals surface area contributed by atoms with Crippen LogP contribution in [0.1, 0.15) is 25.8 Å². The molecule has 1 saturated heterocycles. The lowest BCUT2D eigenvalue weighted by Crippen LogP contribution is -2.46. The van der Waals surface area contributed by atoms with Crippen LogP contribution in [0.25, 0.3) is 0 Å². The molecule has 9 heteroatoms. The molecule has 1 aromatic carbocycles.